The van der Waals surface area contributed by atoms with Gasteiger partial charge in [0.25, 0.3) is 0 Å². The van der Waals surface area contributed by atoms with E-state index in [1.54, 1.807) is 0 Å². The van der Waals surface area contributed by atoms with Crippen LogP contribution >= 0.6 is 11.6 Å². The van der Waals surface area contributed by atoms with Crippen LogP contribution in [0, 0.1) is 12.8 Å². The number of rotatable bonds is 9. The van der Waals surface area contributed by atoms with E-state index in [-0.39, 0.29) is 18.4 Å². The molecule has 1 aliphatic heterocycles. The molecule has 2 aromatic carbocycles. The maximum absolute atomic E-state index is 10.6. The van der Waals surface area contributed by atoms with Crippen LogP contribution in [0.3, 0.4) is 0 Å². The Morgan fingerprint density at radius 3 is 2.57 bits per heavy atom. The van der Waals surface area contributed by atoms with Gasteiger partial charge in [-0.25, -0.2) is 0 Å². The molecule has 1 fully saturated rings. The topological polar surface area (TPSA) is 55.8 Å². The Bertz CT molecular complexity index is 864. The SMILES string of the molecule is Cc1ccccc1C1OC(c2ccccc2Cl)OCC1C/C=C\CCCCC(=O)O. The maximum atomic E-state index is 10.6. The number of carboxylic acid groups (broad SMARTS) is 1. The van der Waals surface area contributed by atoms with E-state index >= 15 is 0 Å². The smallest absolute Gasteiger partial charge is 0.303 e. The minimum Gasteiger partial charge on any atom is -0.481 e. The van der Waals surface area contributed by atoms with E-state index in [1.165, 1.54) is 11.1 Å². The predicted octanol–water partition coefficient (Wildman–Crippen LogP) is 6.64. The maximum Gasteiger partial charge on any atom is 0.303 e. The number of benzene rings is 2. The molecule has 5 heteroatoms. The highest BCUT2D eigenvalue weighted by Crippen LogP contribution is 2.42. The summed E-state index contributed by atoms with van der Waals surface area (Å²) in [6.45, 7) is 2.69. The second-order valence-corrected chi connectivity index (χ2v) is 8.11. The average Bonchev–Trinajstić information content (AvgIpc) is 2.74. The molecule has 3 unspecified atom stereocenters. The first kappa shape index (κ1) is 22.5. The Kier molecular flexibility index (Phi) is 8.50. The number of ether oxygens (including phenoxy) is 2. The van der Waals surface area contributed by atoms with E-state index in [4.69, 9.17) is 26.2 Å². The number of carbonyl (C=O) groups is 1. The molecule has 0 bridgehead atoms. The highest BCUT2D eigenvalue weighted by atomic mass is 35.5. The van der Waals surface area contributed by atoms with Crippen molar-refractivity contribution in [1.82, 2.24) is 0 Å². The number of hydrogen-bond acceptors (Lipinski definition) is 3. The van der Waals surface area contributed by atoms with Crippen LogP contribution in [0.5, 0.6) is 0 Å². The lowest BCUT2D eigenvalue weighted by Gasteiger charge is -2.37. The third-order valence-corrected chi connectivity index (χ3v) is 5.78. The second kappa shape index (κ2) is 11.3. The summed E-state index contributed by atoms with van der Waals surface area (Å²) in [6.07, 6.45) is 7.29. The molecule has 3 rings (SSSR count). The molecule has 1 N–H and O–H groups in total. The summed E-state index contributed by atoms with van der Waals surface area (Å²) in [4.78, 5) is 10.6. The first-order valence-corrected chi connectivity index (χ1v) is 10.9. The van der Waals surface area contributed by atoms with Crippen molar-refractivity contribution < 1.29 is 19.4 Å². The van der Waals surface area contributed by atoms with Crippen LogP contribution in [0.2, 0.25) is 5.02 Å². The molecule has 0 aromatic heterocycles. The van der Waals surface area contributed by atoms with Gasteiger partial charge in [-0.15, -0.1) is 0 Å². The molecule has 3 atom stereocenters. The zero-order valence-electron chi connectivity index (χ0n) is 17.3. The number of halogens is 1. The first-order chi connectivity index (χ1) is 14.6. The number of unbranched alkanes of at least 4 members (excludes halogenated alkanes) is 2. The zero-order chi connectivity index (χ0) is 21.3. The van der Waals surface area contributed by atoms with Gasteiger partial charge in [0, 0.05) is 22.9 Å². The summed E-state index contributed by atoms with van der Waals surface area (Å²) in [7, 11) is 0. The Morgan fingerprint density at radius 1 is 1.10 bits per heavy atom. The summed E-state index contributed by atoms with van der Waals surface area (Å²) in [5, 5.41) is 9.36. The standard InChI is InChI=1S/C25H29ClO4/c1-18-11-7-8-13-20(18)24-19(12-5-3-2-4-6-16-23(27)28)17-29-25(30-24)21-14-9-10-15-22(21)26/h3,5,7-11,13-15,19,24-25H,2,4,6,12,16-17H2,1H3,(H,27,28)/b5-3-. The number of allylic oxidation sites excluding steroid dienone is 2. The van der Waals surface area contributed by atoms with Crippen molar-refractivity contribution in [2.75, 3.05) is 6.61 Å². The van der Waals surface area contributed by atoms with Crippen LogP contribution in [-0.4, -0.2) is 17.7 Å². The quantitative estimate of drug-likeness (QED) is 0.359. The van der Waals surface area contributed by atoms with Gasteiger partial charge in [-0.2, -0.15) is 0 Å². The van der Waals surface area contributed by atoms with E-state index in [0.717, 1.165) is 24.8 Å². The average molecular weight is 429 g/mol. The molecule has 1 aliphatic rings. The van der Waals surface area contributed by atoms with Gasteiger partial charge in [0.2, 0.25) is 0 Å². The van der Waals surface area contributed by atoms with Crippen molar-refractivity contribution in [1.29, 1.82) is 0 Å². The summed E-state index contributed by atoms with van der Waals surface area (Å²) in [5.74, 6) is -0.537. The number of aliphatic carboxylic acids is 1. The highest BCUT2D eigenvalue weighted by molar-refractivity contribution is 6.31. The molecule has 2 aromatic rings. The van der Waals surface area contributed by atoms with Crippen molar-refractivity contribution >= 4 is 17.6 Å². The minimum absolute atomic E-state index is 0.0853. The lowest BCUT2D eigenvalue weighted by molar-refractivity contribution is -0.244. The Hall–Kier alpha value is -2.14. The van der Waals surface area contributed by atoms with Gasteiger partial charge >= 0.3 is 5.97 Å². The summed E-state index contributed by atoms with van der Waals surface area (Å²) < 4.78 is 12.5. The van der Waals surface area contributed by atoms with Gasteiger partial charge in [0.05, 0.1) is 12.7 Å². The van der Waals surface area contributed by atoms with Crippen molar-refractivity contribution in [3.63, 3.8) is 0 Å². The summed E-state index contributed by atoms with van der Waals surface area (Å²) in [6, 6.07) is 15.9. The van der Waals surface area contributed by atoms with Crippen molar-refractivity contribution in [3.8, 4) is 0 Å². The fraction of sp³-hybridized carbons (Fsp3) is 0.400. The number of aryl methyl sites for hydroxylation is 1. The van der Waals surface area contributed by atoms with Gasteiger partial charge in [0.1, 0.15) is 0 Å². The third-order valence-electron chi connectivity index (χ3n) is 5.43. The lowest BCUT2D eigenvalue weighted by atomic mass is 9.89. The molecule has 30 heavy (non-hydrogen) atoms. The van der Waals surface area contributed by atoms with E-state index < -0.39 is 12.3 Å². The fourth-order valence-corrected chi connectivity index (χ4v) is 3.99. The third kappa shape index (κ3) is 6.18. The van der Waals surface area contributed by atoms with Gasteiger partial charge in [-0.05, 0) is 49.8 Å². The van der Waals surface area contributed by atoms with E-state index in [1.807, 2.05) is 36.4 Å². The molecule has 0 amide bonds. The summed E-state index contributed by atoms with van der Waals surface area (Å²) >= 11 is 6.37. The Balaban J connectivity index is 1.67. The molecule has 0 spiro atoms. The zero-order valence-corrected chi connectivity index (χ0v) is 18.1. The van der Waals surface area contributed by atoms with Crippen LogP contribution in [0.4, 0.5) is 0 Å². The van der Waals surface area contributed by atoms with E-state index in [9.17, 15) is 4.79 Å². The first-order valence-electron chi connectivity index (χ1n) is 10.5. The Morgan fingerprint density at radius 2 is 1.83 bits per heavy atom. The molecule has 0 radical (unpaired) electrons. The normalized spacial score (nSPS) is 21.7. The predicted molar refractivity (Wildman–Crippen MR) is 119 cm³/mol. The van der Waals surface area contributed by atoms with Gasteiger partial charge in [-0.3, -0.25) is 4.79 Å². The van der Waals surface area contributed by atoms with Crippen LogP contribution < -0.4 is 0 Å². The molecule has 160 valence electrons. The van der Waals surface area contributed by atoms with Crippen LogP contribution in [0.15, 0.2) is 60.7 Å². The van der Waals surface area contributed by atoms with Crippen molar-refractivity contribution in [3.05, 3.63) is 82.4 Å². The summed E-state index contributed by atoms with van der Waals surface area (Å²) in [5.41, 5.74) is 3.23. The van der Waals surface area contributed by atoms with Crippen LogP contribution in [0.25, 0.3) is 0 Å². The van der Waals surface area contributed by atoms with Gasteiger partial charge in [-0.1, -0.05) is 66.2 Å². The highest BCUT2D eigenvalue weighted by Gasteiger charge is 2.34. The van der Waals surface area contributed by atoms with Gasteiger partial charge in [0.15, 0.2) is 6.29 Å². The number of carboxylic acids is 1. The fourth-order valence-electron chi connectivity index (χ4n) is 3.76. The largest absolute Gasteiger partial charge is 0.481 e. The molecular formula is C25H29ClO4. The van der Waals surface area contributed by atoms with Crippen LogP contribution in [0.1, 0.15) is 61.2 Å². The Labute approximate surface area is 183 Å². The van der Waals surface area contributed by atoms with E-state index in [0.29, 0.717) is 18.1 Å². The molecule has 1 saturated heterocycles. The van der Waals surface area contributed by atoms with Gasteiger partial charge < -0.3 is 14.6 Å². The van der Waals surface area contributed by atoms with Crippen LogP contribution in [-0.2, 0) is 14.3 Å². The number of hydrogen-bond donors (Lipinski definition) is 1. The minimum atomic E-state index is -0.732. The van der Waals surface area contributed by atoms with E-state index in [2.05, 4.69) is 31.2 Å². The molecule has 0 saturated carbocycles. The molecular weight excluding hydrogens is 400 g/mol. The molecule has 4 nitrogen and oxygen atoms in total. The molecule has 0 aliphatic carbocycles. The second-order valence-electron chi connectivity index (χ2n) is 7.71. The van der Waals surface area contributed by atoms with Crippen molar-refractivity contribution in [2.45, 2.75) is 51.4 Å². The monoisotopic (exact) mass is 428 g/mol. The van der Waals surface area contributed by atoms with Crippen molar-refractivity contribution in [2.24, 2.45) is 5.92 Å². The molecule has 1 heterocycles. The lowest BCUT2D eigenvalue weighted by Crippen LogP contribution is -2.31.